The molecule has 2 unspecified atom stereocenters. The highest BCUT2D eigenvalue weighted by molar-refractivity contribution is 5.89. The molecule has 0 aromatic heterocycles. The van der Waals surface area contributed by atoms with Crippen LogP contribution in [0, 0.1) is 5.92 Å². The van der Waals surface area contributed by atoms with E-state index in [1.54, 1.807) is 6.92 Å². The number of hydrogen-bond donors (Lipinski definition) is 5. The minimum atomic E-state index is -1.99. The molecule has 1 saturated carbocycles. The number of nitrogens with zero attached hydrogens (tertiary/aromatic N) is 1. The molecule has 232 valence electrons. The van der Waals surface area contributed by atoms with E-state index in [9.17, 15) is 39.6 Å². The van der Waals surface area contributed by atoms with Gasteiger partial charge in [-0.2, -0.15) is 0 Å². The fourth-order valence-electron chi connectivity index (χ4n) is 5.96. The molecule has 1 aromatic carbocycles. The quantitative estimate of drug-likeness (QED) is 0.210. The Morgan fingerprint density at radius 3 is 2.50 bits per heavy atom. The first-order valence-corrected chi connectivity index (χ1v) is 14.0. The fraction of sp³-hybridized carbons (Fsp3) is 0.655. The third-order valence-electron chi connectivity index (χ3n) is 8.04. The molecular weight excluding hydrogens is 552 g/mol. The SMILES string of the molecule is [2H]c1c([2H])c([2H])c(CC[C@H](N[C@@H](C)C(=O)N2[C@H](C(=O)O[C@@H]3OC(C(=O)O)[C@@H](O)C(O)[C@@H]3O)C[C@@H]3CCC[C@@H]32)C(=O)OCC)c([2H])c1[2H]. The molecule has 1 aromatic rings. The van der Waals surface area contributed by atoms with Crippen LogP contribution in [0.25, 0.3) is 0 Å². The smallest absolute Gasteiger partial charge is 0.335 e. The van der Waals surface area contributed by atoms with Gasteiger partial charge in [-0.05, 0) is 57.4 Å². The number of carbonyl (C=O) groups is 4. The lowest BCUT2D eigenvalue weighted by molar-refractivity contribution is -0.287. The van der Waals surface area contributed by atoms with E-state index in [0.717, 1.165) is 12.8 Å². The average molecular weight is 598 g/mol. The second-order valence-electron chi connectivity index (χ2n) is 10.8. The van der Waals surface area contributed by atoms with E-state index >= 15 is 0 Å². The molecule has 10 atom stereocenters. The van der Waals surface area contributed by atoms with E-state index in [-0.39, 0.29) is 43.4 Å². The molecule has 1 aliphatic carbocycles. The van der Waals surface area contributed by atoms with E-state index in [2.05, 4.69) is 5.32 Å². The maximum atomic E-state index is 14.0. The number of fused-ring (bicyclic) bond motifs is 1. The Hall–Kier alpha value is -3.10. The minimum Gasteiger partial charge on any atom is -0.479 e. The van der Waals surface area contributed by atoms with Gasteiger partial charge in [0.1, 0.15) is 30.4 Å². The van der Waals surface area contributed by atoms with Crippen LogP contribution in [-0.4, -0.2) is 111 Å². The van der Waals surface area contributed by atoms with Crippen molar-refractivity contribution in [3.05, 3.63) is 35.8 Å². The summed E-state index contributed by atoms with van der Waals surface area (Å²) in [4.78, 5) is 53.2. The van der Waals surface area contributed by atoms with Gasteiger partial charge in [0, 0.05) is 6.04 Å². The predicted octanol–water partition coefficient (Wildman–Crippen LogP) is -0.266. The van der Waals surface area contributed by atoms with Gasteiger partial charge in [0.2, 0.25) is 12.2 Å². The first-order valence-electron chi connectivity index (χ1n) is 16.5. The number of ether oxygens (including phenoxy) is 3. The van der Waals surface area contributed by atoms with Gasteiger partial charge in [0.25, 0.3) is 0 Å². The van der Waals surface area contributed by atoms with Gasteiger partial charge < -0.3 is 39.5 Å². The first kappa shape index (κ1) is 25.4. The molecule has 1 amide bonds. The molecule has 2 heterocycles. The van der Waals surface area contributed by atoms with Crippen molar-refractivity contribution in [2.24, 2.45) is 5.92 Å². The number of nitrogens with one attached hydrogen (secondary N) is 1. The molecule has 13 heteroatoms. The fourth-order valence-corrected chi connectivity index (χ4v) is 5.96. The van der Waals surface area contributed by atoms with Gasteiger partial charge in [0.15, 0.2) is 6.10 Å². The summed E-state index contributed by atoms with van der Waals surface area (Å²) in [6.07, 6.45) is -7.77. The lowest BCUT2D eigenvalue weighted by Gasteiger charge is -2.39. The topological polar surface area (TPSA) is 192 Å². The summed E-state index contributed by atoms with van der Waals surface area (Å²) < 4.78 is 55.5. The molecule has 0 radical (unpaired) electrons. The second kappa shape index (κ2) is 13.9. The van der Waals surface area contributed by atoms with E-state index in [1.165, 1.54) is 11.8 Å². The molecular formula is C29H40N2O11. The Kier molecular flexibility index (Phi) is 8.42. The molecule has 0 bridgehead atoms. The monoisotopic (exact) mass is 597 g/mol. The number of aliphatic carboxylic acids is 1. The zero-order chi connectivity index (χ0) is 34.9. The third kappa shape index (κ3) is 6.92. The van der Waals surface area contributed by atoms with Crippen LogP contribution in [0.1, 0.15) is 58.4 Å². The van der Waals surface area contributed by atoms with Crippen LogP contribution >= 0.6 is 0 Å². The zero-order valence-corrected chi connectivity index (χ0v) is 23.3. The number of esters is 2. The zero-order valence-electron chi connectivity index (χ0n) is 28.3. The number of carbonyl (C=O) groups excluding carboxylic acids is 3. The molecule has 3 fully saturated rings. The van der Waals surface area contributed by atoms with Gasteiger partial charge in [0.05, 0.1) is 19.5 Å². The molecule has 4 rings (SSSR count). The van der Waals surface area contributed by atoms with Gasteiger partial charge >= 0.3 is 17.9 Å². The summed E-state index contributed by atoms with van der Waals surface area (Å²) in [6, 6.07) is -6.13. The van der Waals surface area contributed by atoms with Gasteiger partial charge in [-0.1, -0.05) is 36.6 Å². The molecule has 0 spiro atoms. The Balaban J connectivity index is 1.52. The Bertz CT molecular complexity index is 1360. The second-order valence-corrected chi connectivity index (χ2v) is 10.8. The molecule has 5 N–H and O–H groups in total. The van der Waals surface area contributed by atoms with Crippen LogP contribution in [0.2, 0.25) is 0 Å². The maximum Gasteiger partial charge on any atom is 0.335 e. The van der Waals surface area contributed by atoms with Crippen molar-refractivity contribution in [2.75, 3.05) is 6.61 Å². The van der Waals surface area contributed by atoms with Crippen molar-refractivity contribution in [1.82, 2.24) is 10.2 Å². The normalized spacial score (nSPS) is 33.7. The van der Waals surface area contributed by atoms with Gasteiger partial charge in [-0.15, -0.1) is 0 Å². The van der Waals surface area contributed by atoms with Crippen molar-refractivity contribution in [3.63, 3.8) is 0 Å². The van der Waals surface area contributed by atoms with Crippen LogP contribution < -0.4 is 5.32 Å². The summed E-state index contributed by atoms with van der Waals surface area (Å²) in [5.41, 5.74) is -0.00267. The van der Waals surface area contributed by atoms with Crippen molar-refractivity contribution in [1.29, 1.82) is 0 Å². The number of carboxylic acids is 1. The minimum absolute atomic E-state index is 0.00267. The van der Waals surface area contributed by atoms with E-state index in [0.29, 0.717) is 6.42 Å². The first-order chi connectivity index (χ1) is 22.1. The standard InChI is InChI=1S/C29H40N2O11/c1-3-40-27(38)18(13-12-16-8-5-4-6-9-16)30-15(2)25(35)31-19-11-7-10-17(19)14-20(31)28(39)42-29-23(34)21(32)22(33)24(41-29)26(36)37/h4-6,8-9,15,17-24,29-30,32-34H,3,7,10-14H2,1-2H3,(H,36,37)/t15-,17-,18-,19-,20-,21?,22-,23-,24?,29-/m0/s1/i4D,5D,6D,8D,9D. The Morgan fingerprint density at radius 1 is 1.12 bits per heavy atom. The summed E-state index contributed by atoms with van der Waals surface area (Å²) in [7, 11) is 0. The predicted molar refractivity (Wildman–Crippen MR) is 145 cm³/mol. The van der Waals surface area contributed by atoms with Crippen LogP contribution in [0.15, 0.2) is 30.2 Å². The number of aliphatic hydroxyl groups excluding tert-OH is 3. The molecule has 2 aliphatic heterocycles. The summed E-state index contributed by atoms with van der Waals surface area (Å²) in [5, 5.41) is 42.6. The van der Waals surface area contributed by atoms with Crippen molar-refractivity contribution < 1.29 is 60.7 Å². The number of carboxylic acid groups (broad SMARTS) is 1. The summed E-state index contributed by atoms with van der Waals surface area (Å²) in [6.45, 7) is 3.08. The largest absolute Gasteiger partial charge is 0.479 e. The third-order valence-corrected chi connectivity index (χ3v) is 8.04. The van der Waals surface area contributed by atoms with Crippen molar-refractivity contribution in [3.8, 4) is 0 Å². The van der Waals surface area contributed by atoms with Crippen LogP contribution in [0.3, 0.4) is 0 Å². The molecule has 42 heavy (non-hydrogen) atoms. The maximum absolute atomic E-state index is 14.0. The number of benzene rings is 1. The number of amides is 1. The number of hydrogen-bond acceptors (Lipinski definition) is 11. The number of likely N-dealkylation sites (tertiary alicyclic amines) is 1. The number of rotatable bonds is 11. The van der Waals surface area contributed by atoms with Crippen LogP contribution in [0.5, 0.6) is 0 Å². The molecule has 13 nitrogen and oxygen atoms in total. The highest BCUT2D eigenvalue weighted by Crippen LogP contribution is 2.42. The number of aliphatic hydroxyl groups is 3. The highest BCUT2D eigenvalue weighted by Gasteiger charge is 2.53. The van der Waals surface area contributed by atoms with Crippen molar-refractivity contribution in [2.45, 2.75) is 107 Å². The molecule has 2 saturated heterocycles. The summed E-state index contributed by atoms with van der Waals surface area (Å²) in [5.74, 6) is -4.03. The molecule has 3 aliphatic rings. The summed E-state index contributed by atoms with van der Waals surface area (Å²) >= 11 is 0. The Morgan fingerprint density at radius 2 is 1.83 bits per heavy atom. The van der Waals surface area contributed by atoms with E-state index < -0.39 is 103 Å². The van der Waals surface area contributed by atoms with Crippen LogP contribution in [0.4, 0.5) is 0 Å². The lowest BCUT2D eigenvalue weighted by Crippen LogP contribution is -2.61. The van der Waals surface area contributed by atoms with Gasteiger partial charge in [-0.25, -0.2) is 9.59 Å². The lowest BCUT2D eigenvalue weighted by atomic mass is 9.99. The van der Waals surface area contributed by atoms with Crippen LogP contribution in [-0.2, 0) is 39.8 Å². The van der Waals surface area contributed by atoms with Crippen molar-refractivity contribution >= 4 is 23.8 Å². The Labute approximate surface area is 250 Å². The average Bonchev–Trinajstić information content (AvgIpc) is 3.64. The van der Waals surface area contributed by atoms with E-state index in [1.807, 2.05) is 0 Å². The van der Waals surface area contributed by atoms with E-state index in [4.69, 9.17) is 21.1 Å². The van der Waals surface area contributed by atoms with Gasteiger partial charge in [-0.3, -0.25) is 14.9 Å². The highest BCUT2D eigenvalue weighted by atomic mass is 16.7.